The van der Waals surface area contributed by atoms with Crippen LogP contribution in [0.25, 0.3) is 0 Å². The first kappa shape index (κ1) is 16.7. The normalized spacial score (nSPS) is 12.0. The topological polar surface area (TPSA) is 102 Å². The third-order valence-electron chi connectivity index (χ3n) is 2.82. The molecule has 1 aromatic carbocycles. The highest BCUT2D eigenvalue weighted by atomic mass is 16.6. The van der Waals surface area contributed by atoms with Crippen molar-refractivity contribution in [2.75, 3.05) is 11.9 Å². The molecular formula is C14H20N2O5. The molecule has 0 saturated heterocycles. The van der Waals surface area contributed by atoms with E-state index in [1.807, 2.05) is 13.8 Å². The summed E-state index contributed by atoms with van der Waals surface area (Å²) in [6, 6.07) is 3.68. The molecule has 0 fully saturated rings. The number of nitro benzene ring substituents is 1. The molecule has 1 rings (SSSR count). The van der Waals surface area contributed by atoms with Gasteiger partial charge < -0.3 is 15.2 Å². The maximum Gasteiger partial charge on any atom is 0.333 e. The number of hydrogen-bond acceptors (Lipinski definition) is 5. The van der Waals surface area contributed by atoms with E-state index < -0.39 is 16.9 Å². The Morgan fingerprint density at radius 2 is 2.14 bits per heavy atom. The van der Waals surface area contributed by atoms with Crippen molar-refractivity contribution in [2.24, 2.45) is 5.92 Å². The van der Waals surface area contributed by atoms with Crippen molar-refractivity contribution in [3.63, 3.8) is 0 Å². The van der Waals surface area contributed by atoms with Crippen LogP contribution >= 0.6 is 0 Å². The number of anilines is 1. The highest BCUT2D eigenvalue weighted by Crippen LogP contribution is 2.35. The molecule has 0 bridgehead atoms. The first-order valence-electron chi connectivity index (χ1n) is 6.76. The molecule has 7 nitrogen and oxygen atoms in total. The fraction of sp³-hybridized carbons (Fsp3) is 0.500. The minimum Gasteiger partial charge on any atom is -0.487 e. The van der Waals surface area contributed by atoms with Crippen LogP contribution in [-0.2, 0) is 4.79 Å². The smallest absolute Gasteiger partial charge is 0.333 e. The van der Waals surface area contributed by atoms with Crippen LogP contribution in [0, 0.1) is 16.0 Å². The number of carboxylic acids is 1. The Labute approximate surface area is 123 Å². The number of carboxylic acid groups (broad SMARTS) is 1. The second-order valence-corrected chi connectivity index (χ2v) is 5.01. The van der Waals surface area contributed by atoms with E-state index in [2.05, 4.69) is 5.32 Å². The van der Waals surface area contributed by atoms with E-state index in [-0.39, 0.29) is 23.0 Å². The van der Waals surface area contributed by atoms with Gasteiger partial charge in [0.05, 0.1) is 11.5 Å². The molecule has 0 aliphatic rings. The lowest BCUT2D eigenvalue weighted by Gasteiger charge is -2.18. The molecule has 0 amide bonds. The molecule has 1 aromatic rings. The number of carbonyl (C=O) groups is 1. The Morgan fingerprint density at radius 1 is 1.48 bits per heavy atom. The third-order valence-corrected chi connectivity index (χ3v) is 2.82. The van der Waals surface area contributed by atoms with Gasteiger partial charge >= 0.3 is 11.7 Å². The summed E-state index contributed by atoms with van der Waals surface area (Å²) in [5, 5.41) is 23.2. The molecule has 1 atom stereocenters. The van der Waals surface area contributed by atoms with E-state index >= 15 is 0 Å². The SMILES string of the molecule is CCOc1cccc(NC(CC(C)C)C(=O)O)c1[N+](=O)[O-]. The van der Waals surface area contributed by atoms with Gasteiger partial charge in [0.25, 0.3) is 0 Å². The van der Waals surface area contributed by atoms with E-state index in [1.54, 1.807) is 13.0 Å². The van der Waals surface area contributed by atoms with Gasteiger partial charge in [-0.15, -0.1) is 0 Å². The number of rotatable bonds is 8. The van der Waals surface area contributed by atoms with Crippen LogP contribution in [0.5, 0.6) is 5.75 Å². The summed E-state index contributed by atoms with van der Waals surface area (Å²) in [6.07, 6.45) is 0.366. The summed E-state index contributed by atoms with van der Waals surface area (Å²) >= 11 is 0. The maximum absolute atomic E-state index is 11.3. The highest BCUT2D eigenvalue weighted by molar-refractivity contribution is 5.80. The van der Waals surface area contributed by atoms with Crippen molar-refractivity contribution in [3.05, 3.63) is 28.3 Å². The molecule has 2 N–H and O–H groups in total. The van der Waals surface area contributed by atoms with Gasteiger partial charge in [-0.2, -0.15) is 0 Å². The molecule has 116 valence electrons. The van der Waals surface area contributed by atoms with Gasteiger partial charge in [0.15, 0.2) is 5.75 Å². The Morgan fingerprint density at radius 3 is 2.62 bits per heavy atom. The predicted octanol–water partition coefficient (Wildman–Crippen LogP) is 2.90. The average Bonchev–Trinajstić information content (AvgIpc) is 2.37. The molecule has 0 aliphatic carbocycles. The van der Waals surface area contributed by atoms with E-state index in [0.29, 0.717) is 13.0 Å². The lowest BCUT2D eigenvalue weighted by molar-refractivity contribution is -0.385. The van der Waals surface area contributed by atoms with E-state index in [9.17, 15) is 20.0 Å². The minimum absolute atomic E-state index is 0.126. The number of nitrogens with one attached hydrogen (secondary N) is 1. The fourth-order valence-electron chi connectivity index (χ4n) is 1.98. The summed E-state index contributed by atoms with van der Waals surface area (Å²) < 4.78 is 5.23. The lowest BCUT2D eigenvalue weighted by Crippen LogP contribution is -2.31. The number of aliphatic carboxylic acids is 1. The Balaban J connectivity index is 3.13. The summed E-state index contributed by atoms with van der Waals surface area (Å²) in [7, 11) is 0. The highest BCUT2D eigenvalue weighted by Gasteiger charge is 2.26. The number of nitrogens with zero attached hydrogens (tertiary/aromatic N) is 1. The summed E-state index contributed by atoms with van der Waals surface area (Å²) in [5.41, 5.74) is -0.0895. The second kappa shape index (κ2) is 7.47. The van der Waals surface area contributed by atoms with Crippen LogP contribution in [0.15, 0.2) is 18.2 Å². The van der Waals surface area contributed by atoms with Crippen LogP contribution < -0.4 is 10.1 Å². The molecule has 0 heterocycles. The number of ether oxygens (including phenoxy) is 1. The second-order valence-electron chi connectivity index (χ2n) is 5.01. The van der Waals surface area contributed by atoms with Crippen molar-refractivity contribution in [1.82, 2.24) is 0 Å². The lowest BCUT2D eigenvalue weighted by atomic mass is 10.0. The zero-order valence-corrected chi connectivity index (χ0v) is 12.3. The van der Waals surface area contributed by atoms with Crippen LogP contribution in [0.2, 0.25) is 0 Å². The van der Waals surface area contributed by atoms with Crippen molar-refractivity contribution >= 4 is 17.3 Å². The summed E-state index contributed by atoms with van der Waals surface area (Å²) in [5.74, 6) is -0.770. The van der Waals surface area contributed by atoms with Gasteiger partial charge in [-0.3, -0.25) is 10.1 Å². The minimum atomic E-state index is -1.04. The maximum atomic E-state index is 11.3. The van der Waals surface area contributed by atoms with Crippen LogP contribution in [0.1, 0.15) is 27.2 Å². The van der Waals surface area contributed by atoms with Gasteiger partial charge in [0, 0.05) is 0 Å². The predicted molar refractivity (Wildman–Crippen MR) is 78.8 cm³/mol. The molecule has 0 saturated carbocycles. The van der Waals surface area contributed by atoms with Gasteiger partial charge in [-0.1, -0.05) is 19.9 Å². The molecule has 0 aromatic heterocycles. The largest absolute Gasteiger partial charge is 0.487 e. The zero-order valence-electron chi connectivity index (χ0n) is 12.3. The van der Waals surface area contributed by atoms with E-state index in [0.717, 1.165) is 0 Å². The fourth-order valence-corrected chi connectivity index (χ4v) is 1.98. The standard InChI is InChI=1S/C14H20N2O5/c1-4-21-12-7-5-6-10(13(12)16(19)20)15-11(14(17)18)8-9(2)3/h5-7,9,11,15H,4,8H2,1-3H3,(H,17,18). The van der Waals surface area contributed by atoms with Crippen LogP contribution in [0.3, 0.4) is 0 Å². The van der Waals surface area contributed by atoms with Gasteiger partial charge in [0.1, 0.15) is 11.7 Å². The van der Waals surface area contributed by atoms with Crippen molar-refractivity contribution in [3.8, 4) is 5.75 Å². The molecule has 7 heteroatoms. The van der Waals surface area contributed by atoms with Crippen molar-refractivity contribution < 1.29 is 19.6 Å². The first-order chi connectivity index (χ1) is 9.86. The molecule has 1 unspecified atom stereocenters. The molecule has 0 aliphatic heterocycles. The van der Waals surface area contributed by atoms with Crippen LogP contribution in [0.4, 0.5) is 11.4 Å². The summed E-state index contributed by atoms with van der Waals surface area (Å²) in [6.45, 7) is 5.80. The number of benzene rings is 1. The van der Waals surface area contributed by atoms with Gasteiger partial charge in [0.2, 0.25) is 0 Å². The van der Waals surface area contributed by atoms with Gasteiger partial charge in [-0.25, -0.2) is 4.79 Å². The number of nitro groups is 1. The molecule has 0 radical (unpaired) electrons. The molecular weight excluding hydrogens is 276 g/mol. The zero-order chi connectivity index (χ0) is 16.0. The van der Waals surface area contributed by atoms with E-state index in [4.69, 9.17) is 4.74 Å². The van der Waals surface area contributed by atoms with Crippen molar-refractivity contribution in [1.29, 1.82) is 0 Å². The third kappa shape index (κ3) is 4.62. The van der Waals surface area contributed by atoms with E-state index in [1.165, 1.54) is 12.1 Å². The number of hydrogen-bond donors (Lipinski definition) is 2. The Kier molecular flexibility index (Phi) is 5.95. The monoisotopic (exact) mass is 296 g/mol. The molecule has 0 spiro atoms. The Bertz CT molecular complexity index is 516. The summed E-state index contributed by atoms with van der Waals surface area (Å²) in [4.78, 5) is 21.9. The van der Waals surface area contributed by atoms with Crippen molar-refractivity contribution in [2.45, 2.75) is 33.2 Å². The Hall–Kier alpha value is -2.31. The average molecular weight is 296 g/mol. The van der Waals surface area contributed by atoms with Gasteiger partial charge in [-0.05, 0) is 31.4 Å². The first-order valence-corrected chi connectivity index (χ1v) is 6.76. The molecule has 21 heavy (non-hydrogen) atoms. The van der Waals surface area contributed by atoms with Crippen LogP contribution in [-0.4, -0.2) is 28.6 Å². The number of para-hydroxylation sites is 1. The quantitative estimate of drug-likeness (QED) is 0.565.